The van der Waals surface area contributed by atoms with E-state index in [1.165, 1.54) is 6.21 Å². The van der Waals surface area contributed by atoms with Crippen LogP contribution < -0.4 is 10.2 Å². The van der Waals surface area contributed by atoms with E-state index in [0.29, 0.717) is 11.3 Å². The average Bonchev–Trinajstić information content (AvgIpc) is 2.91. The van der Waals surface area contributed by atoms with E-state index in [1.807, 2.05) is 29.9 Å². The van der Waals surface area contributed by atoms with E-state index in [2.05, 4.69) is 10.5 Å². The zero-order chi connectivity index (χ0) is 16.7. The van der Waals surface area contributed by atoms with Crippen LogP contribution in [0.1, 0.15) is 11.3 Å². The number of amides is 1. The number of para-hydroxylation sites is 1. The van der Waals surface area contributed by atoms with Gasteiger partial charge in [0.05, 0.1) is 12.6 Å². The monoisotopic (exact) mass is 315 g/mol. The fourth-order valence-electron chi connectivity index (χ4n) is 1.92. The van der Waals surface area contributed by atoms with Gasteiger partial charge in [0.1, 0.15) is 5.75 Å². The summed E-state index contributed by atoms with van der Waals surface area (Å²) in [5, 5.41) is 12.5. The molecule has 2 rings (SSSR count). The Balaban J connectivity index is 1.93. The second-order valence-electron chi connectivity index (χ2n) is 4.80. The van der Waals surface area contributed by atoms with Crippen LogP contribution in [0.3, 0.4) is 0 Å². The van der Waals surface area contributed by atoms with Crippen LogP contribution in [-0.4, -0.2) is 34.4 Å². The van der Waals surface area contributed by atoms with Gasteiger partial charge in [-0.2, -0.15) is 5.10 Å². The van der Waals surface area contributed by atoms with E-state index in [-0.39, 0.29) is 12.3 Å². The van der Waals surface area contributed by atoms with Crippen molar-refractivity contribution in [3.63, 3.8) is 0 Å². The molecule has 23 heavy (non-hydrogen) atoms. The molecule has 0 aliphatic rings. The second kappa shape index (κ2) is 7.79. The number of rotatable bonds is 7. The lowest BCUT2D eigenvalue weighted by atomic mass is 10.2. The molecule has 0 radical (unpaired) electrons. The molecule has 0 spiro atoms. The number of carbonyl (C=O) groups excluding carboxylic acids is 1. The van der Waals surface area contributed by atoms with Gasteiger partial charge in [0, 0.05) is 24.5 Å². The Morgan fingerprint density at radius 1 is 1.30 bits per heavy atom. The third-order valence-corrected chi connectivity index (χ3v) is 3.06. The predicted octanol–water partition coefficient (Wildman–Crippen LogP) is 1.18. The number of benzene rings is 1. The number of hydrazone groups is 1. The van der Waals surface area contributed by atoms with Crippen molar-refractivity contribution in [1.82, 2.24) is 9.99 Å². The van der Waals surface area contributed by atoms with E-state index in [0.717, 1.165) is 5.69 Å². The molecule has 0 unspecified atom stereocenters. The van der Waals surface area contributed by atoms with Gasteiger partial charge in [0.25, 0.3) is 0 Å². The summed E-state index contributed by atoms with van der Waals surface area (Å²) in [6.45, 7) is -0.440. The standard InChI is InChI=1S/C16H17N3O4/c1-19-8-4-6-13(19)9-15(20)18-17-10-12-5-2-3-7-14(12)23-11-16(21)22/h2-8,10H,9,11H2,1H3,(H,18,20)(H,21,22). The predicted molar refractivity (Wildman–Crippen MR) is 84.4 cm³/mol. The first-order valence-electron chi connectivity index (χ1n) is 6.92. The van der Waals surface area contributed by atoms with Gasteiger partial charge >= 0.3 is 5.97 Å². The molecular formula is C16H17N3O4. The van der Waals surface area contributed by atoms with Crippen molar-refractivity contribution in [1.29, 1.82) is 0 Å². The third-order valence-electron chi connectivity index (χ3n) is 3.06. The van der Waals surface area contributed by atoms with Crippen LogP contribution in [0.5, 0.6) is 5.75 Å². The molecule has 1 amide bonds. The fraction of sp³-hybridized carbons (Fsp3) is 0.188. The summed E-state index contributed by atoms with van der Waals surface area (Å²) in [6.07, 6.45) is 3.50. The quantitative estimate of drug-likeness (QED) is 0.593. The Labute approximate surface area is 133 Å². The Morgan fingerprint density at radius 3 is 2.78 bits per heavy atom. The molecule has 7 heteroatoms. The van der Waals surface area contributed by atoms with Crippen LogP contribution in [0, 0.1) is 0 Å². The van der Waals surface area contributed by atoms with Gasteiger partial charge in [-0.3, -0.25) is 4.79 Å². The molecule has 0 aliphatic heterocycles. The SMILES string of the molecule is Cn1cccc1CC(=O)NN=Cc1ccccc1OCC(=O)O. The number of carboxylic acid groups (broad SMARTS) is 1. The highest BCUT2D eigenvalue weighted by molar-refractivity contribution is 5.85. The van der Waals surface area contributed by atoms with Crippen LogP contribution >= 0.6 is 0 Å². The van der Waals surface area contributed by atoms with Crippen molar-refractivity contribution < 1.29 is 19.4 Å². The number of aliphatic carboxylic acids is 1. The van der Waals surface area contributed by atoms with Crippen LogP contribution in [0.4, 0.5) is 0 Å². The molecule has 0 bridgehead atoms. The Kier molecular flexibility index (Phi) is 5.51. The topological polar surface area (TPSA) is 92.9 Å². The molecule has 0 saturated carbocycles. The van der Waals surface area contributed by atoms with E-state index < -0.39 is 12.6 Å². The van der Waals surface area contributed by atoms with Crippen molar-refractivity contribution in [3.05, 3.63) is 53.9 Å². The molecule has 7 nitrogen and oxygen atoms in total. The van der Waals surface area contributed by atoms with Gasteiger partial charge in [-0.25, -0.2) is 10.2 Å². The third kappa shape index (κ3) is 4.99. The highest BCUT2D eigenvalue weighted by Crippen LogP contribution is 2.15. The lowest BCUT2D eigenvalue weighted by Gasteiger charge is -2.06. The summed E-state index contributed by atoms with van der Waals surface area (Å²) >= 11 is 0. The average molecular weight is 315 g/mol. The van der Waals surface area contributed by atoms with Gasteiger partial charge in [-0.05, 0) is 24.3 Å². The Morgan fingerprint density at radius 2 is 2.09 bits per heavy atom. The van der Waals surface area contributed by atoms with Gasteiger partial charge < -0.3 is 14.4 Å². The molecule has 0 atom stereocenters. The summed E-state index contributed by atoms with van der Waals surface area (Å²) in [6, 6.07) is 10.6. The van der Waals surface area contributed by atoms with E-state index >= 15 is 0 Å². The number of nitrogens with one attached hydrogen (secondary N) is 1. The molecule has 0 aliphatic carbocycles. The summed E-state index contributed by atoms with van der Waals surface area (Å²) < 4.78 is 7.01. The molecule has 1 heterocycles. The molecule has 2 aromatic rings. The summed E-state index contributed by atoms with van der Waals surface area (Å²) in [5.41, 5.74) is 3.89. The maximum atomic E-state index is 11.8. The number of hydrogen-bond acceptors (Lipinski definition) is 4. The highest BCUT2D eigenvalue weighted by atomic mass is 16.5. The van der Waals surface area contributed by atoms with Crippen LogP contribution in [-0.2, 0) is 23.1 Å². The van der Waals surface area contributed by atoms with Gasteiger partial charge in [0.2, 0.25) is 5.91 Å². The minimum absolute atomic E-state index is 0.220. The van der Waals surface area contributed by atoms with Gasteiger partial charge in [-0.15, -0.1) is 0 Å². The first-order chi connectivity index (χ1) is 11.1. The lowest BCUT2D eigenvalue weighted by molar-refractivity contribution is -0.139. The number of carbonyl (C=O) groups is 2. The lowest BCUT2D eigenvalue weighted by Crippen LogP contribution is -2.21. The molecule has 2 N–H and O–H groups in total. The smallest absolute Gasteiger partial charge is 0.341 e. The first-order valence-corrected chi connectivity index (χ1v) is 6.92. The minimum Gasteiger partial charge on any atom is -0.481 e. The van der Waals surface area contributed by atoms with Gasteiger partial charge in [-0.1, -0.05) is 12.1 Å². The minimum atomic E-state index is -1.06. The number of aryl methyl sites for hydroxylation is 1. The van der Waals surface area contributed by atoms with E-state index in [4.69, 9.17) is 9.84 Å². The second-order valence-corrected chi connectivity index (χ2v) is 4.80. The number of carboxylic acids is 1. The maximum Gasteiger partial charge on any atom is 0.341 e. The van der Waals surface area contributed by atoms with Crippen LogP contribution in [0.2, 0.25) is 0 Å². The number of aromatic nitrogens is 1. The molecular weight excluding hydrogens is 298 g/mol. The summed E-state index contributed by atoms with van der Waals surface area (Å²) in [7, 11) is 1.86. The van der Waals surface area contributed by atoms with Crippen molar-refractivity contribution >= 4 is 18.1 Å². The highest BCUT2D eigenvalue weighted by Gasteiger charge is 2.06. The van der Waals surface area contributed by atoms with E-state index in [1.54, 1.807) is 24.3 Å². The molecule has 0 saturated heterocycles. The van der Waals surface area contributed by atoms with Crippen molar-refractivity contribution in [2.24, 2.45) is 12.1 Å². The zero-order valence-electron chi connectivity index (χ0n) is 12.6. The zero-order valence-corrected chi connectivity index (χ0v) is 12.6. The number of ether oxygens (including phenoxy) is 1. The van der Waals surface area contributed by atoms with E-state index in [9.17, 15) is 9.59 Å². The van der Waals surface area contributed by atoms with Crippen molar-refractivity contribution in [2.45, 2.75) is 6.42 Å². The van der Waals surface area contributed by atoms with Gasteiger partial charge in [0.15, 0.2) is 6.61 Å². The molecule has 1 aromatic heterocycles. The Hall–Kier alpha value is -3.09. The van der Waals surface area contributed by atoms with Crippen LogP contribution in [0.25, 0.3) is 0 Å². The number of hydrogen-bond donors (Lipinski definition) is 2. The fourth-order valence-corrected chi connectivity index (χ4v) is 1.92. The number of nitrogens with zero attached hydrogens (tertiary/aromatic N) is 2. The largest absolute Gasteiger partial charge is 0.481 e. The van der Waals surface area contributed by atoms with Crippen LogP contribution in [0.15, 0.2) is 47.7 Å². The summed E-state index contributed by atoms with van der Waals surface area (Å²) in [5.74, 6) is -0.921. The first kappa shape index (κ1) is 16.3. The normalized spacial score (nSPS) is 10.7. The summed E-state index contributed by atoms with van der Waals surface area (Å²) in [4.78, 5) is 22.4. The molecule has 1 aromatic carbocycles. The van der Waals surface area contributed by atoms with Crippen molar-refractivity contribution in [2.75, 3.05) is 6.61 Å². The van der Waals surface area contributed by atoms with Crippen molar-refractivity contribution in [3.8, 4) is 5.75 Å². The Bertz CT molecular complexity index is 722. The molecule has 120 valence electrons. The molecule has 0 fully saturated rings. The maximum absolute atomic E-state index is 11.8.